The Balaban J connectivity index is 2.14. The van der Waals surface area contributed by atoms with Crippen LogP contribution >= 0.6 is 0 Å². The normalized spacial score (nSPS) is 21.4. The van der Waals surface area contributed by atoms with Gasteiger partial charge in [0.05, 0.1) is 13.2 Å². The molecule has 0 fully saturated rings. The van der Waals surface area contributed by atoms with Crippen molar-refractivity contribution in [3.05, 3.63) is 66.0 Å². The first-order valence-corrected chi connectivity index (χ1v) is 8.57. The van der Waals surface area contributed by atoms with Crippen molar-refractivity contribution in [3.8, 4) is 0 Å². The largest absolute Gasteiger partial charge is 0.466 e. The van der Waals surface area contributed by atoms with Crippen LogP contribution in [0, 0.1) is 5.92 Å². The number of hydrogen-bond donors (Lipinski definition) is 0. The average Bonchev–Trinajstić information content (AvgIpc) is 2.98. The Hall–Kier alpha value is -2.69. The van der Waals surface area contributed by atoms with Crippen molar-refractivity contribution in [3.63, 3.8) is 0 Å². The van der Waals surface area contributed by atoms with E-state index in [2.05, 4.69) is 0 Å². The second-order valence-corrected chi connectivity index (χ2v) is 5.90. The molecular weight excluding hydrogens is 318 g/mol. The number of nitrogens with zero attached hydrogens (tertiary/aromatic N) is 1. The van der Waals surface area contributed by atoms with Crippen molar-refractivity contribution in [1.82, 2.24) is 0 Å². The summed E-state index contributed by atoms with van der Waals surface area (Å²) in [7, 11) is 0. The first-order chi connectivity index (χ1) is 12.2. The third-order valence-electron chi connectivity index (χ3n) is 4.48. The van der Waals surface area contributed by atoms with Gasteiger partial charge in [-0.3, -0.25) is 9.59 Å². The Labute approximate surface area is 147 Å². The Bertz CT molecular complexity index is 759. The van der Waals surface area contributed by atoms with Gasteiger partial charge in [0.2, 0.25) is 0 Å². The maximum absolute atomic E-state index is 12.8. The van der Waals surface area contributed by atoms with Crippen molar-refractivity contribution < 1.29 is 23.6 Å². The van der Waals surface area contributed by atoms with E-state index in [-0.39, 0.29) is 31.2 Å². The highest BCUT2D eigenvalue weighted by Gasteiger charge is 2.57. The van der Waals surface area contributed by atoms with Gasteiger partial charge < -0.3 is 9.47 Å². The van der Waals surface area contributed by atoms with Gasteiger partial charge in [0.15, 0.2) is 23.9 Å². The number of esters is 2. The molecule has 1 aromatic heterocycles. The monoisotopic (exact) mass is 340 g/mol. The van der Waals surface area contributed by atoms with E-state index in [0.29, 0.717) is 0 Å². The molecule has 0 amide bonds. The maximum Gasteiger partial charge on any atom is 0.320 e. The second-order valence-electron chi connectivity index (χ2n) is 5.90. The molecule has 1 aliphatic heterocycles. The molecule has 2 heterocycles. The van der Waals surface area contributed by atoms with E-state index in [0.717, 1.165) is 11.3 Å². The molecule has 0 bridgehead atoms. The fraction of sp³-hybridized carbons (Fsp3) is 0.350. The van der Waals surface area contributed by atoms with Gasteiger partial charge in [0.1, 0.15) is 5.92 Å². The molecule has 2 aromatic rings. The summed E-state index contributed by atoms with van der Waals surface area (Å²) in [4.78, 5) is 25.4. The van der Waals surface area contributed by atoms with Crippen molar-refractivity contribution >= 4 is 11.9 Å². The summed E-state index contributed by atoms with van der Waals surface area (Å²) in [6, 6.07) is 15.1. The number of pyridine rings is 1. The lowest BCUT2D eigenvalue weighted by Gasteiger charge is -2.18. The molecule has 0 radical (unpaired) electrons. The molecule has 1 aromatic carbocycles. The van der Waals surface area contributed by atoms with Crippen LogP contribution in [-0.4, -0.2) is 25.2 Å². The lowest BCUT2D eigenvalue weighted by atomic mass is 9.85. The van der Waals surface area contributed by atoms with Crippen LogP contribution in [0.1, 0.15) is 37.1 Å². The molecule has 5 heteroatoms. The van der Waals surface area contributed by atoms with Crippen LogP contribution < -0.4 is 4.57 Å². The van der Waals surface area contributed by atoms with E-state index in [1.54, 1.807) is 13.8 Å². The van der Waals surface area contributed by atoms with E-state index < -0.39 is 11.8 Å². The lowest BCUT2D eigenvalue weighted by Crippen LogP contribution is -2.42. The standard InChI is InChI=1S/C20H22NO4/c1-3-24-19(22)16-15-12-8-9-13-21(15)18(14-10-6-5-7-11-14)17(16)20(23)25-4-2/h5-13,16-18H,3-4H2,1-2H3/q+1. The number of carbonyl (C=O) groups is 2. The fourth-order valence-corrected chi connectivity index (χ4v) is 3.55. The first-order valence-electron chi connectivity index (χ1n) is 8.57. The van der Waals surface area contributed by atoms with Crippen LogP contribution in [0.3, 0.4) is 0 Å². The van der Waals surface area contributed by atoms with Gasteiger partial charge in [-0.25, -0.2) is 0 Å². The van der Waals surface area contributed by atoms with Crippen LogP contribution in [0.4, 0.5) is 0 Å². The Kier molecular flexibility index (Phi) is 5.12. The minimum atomic E-state index is -0.676. The van der Waals surface area contributed by atoms with E-state index in [4.69, 9.17) is 9.47 Å². The number of benzene rings is 1. The van der Waals surface area contributed by atoms with E-state index in [1.807, 2.05) is 59.3 Å². The van der Waals surface area contributed by atoms with Crippen molar-refractivity contribution in [1.29, 1.82) is 0 Å². The highest BCUT2D eigenvalue weighted by atomic mass is 16.5. The van der Waals surface area contributed by atoms with Crippen LogP contribution in [0.2, 0.25) is 0 Å². The predicted molar refractivity (Wildman–Crippen MR) is 90.7 cm³/mol. The van der Waals surface area contributed by atoms with Crippen molar-refractivity contribution in [2.75, 3.05) is 13.2 Å². The van der Waals surface area contributed by atoms with Gasteiger partial charge in [0.25, 0.3) is 0 Å². The summed E-state index contributed by atoms with van der Waals surface area (Å²) in [5.74, 6) is -2.09. The molecule has 130 valence electrons. The quantitative estimate of drug-likeness (QED) is 0.619. The average molecular weight is 340 g/mol. The predicted octanol–water partition coefficient (Wildman–Crippen LogP) is 2.40. The summed E-state index contributed by atoms with van der Waals surface area (Å²) in [6.07, 6.45) is 1.90. The third kappa shape index (κ3) is 3.14. The molecule has 0 saturated heterocycles. The smallest absolute Gasteiger partial charge is 0.320 e. The second kappa shape index (κ2) is 7.47. The molecule has 3 atom stereocenters. The highest BCUT2D eigenvalue weighted by Crippen LogP contribution is 2.41. The SMILES string of the molecule is CCOC(=O)C1c2cccc[n+]2C(c2ccccc2)C1C(=O)OCC. The summed E-state index contributed by atoms with van der Waals surface area (Å²) in [5, 5.41) is 0. The molecule has 0 N–H and O–H groups in total. The molecular formula is C20H22NO4+. The summed E-state index contributed by atoms with van der Waals surface area (Å²) in [5.41, 5.74) is 1.73. The molecule has 3 rings (SSSR count). The van der Waals surface area contributed by atoms with E-state index in [9.17, 15) is 9.59 Å². The van der Waals surface area contributed by atoms with Crippen LogP contribution in [0.15, 0.2) is 54.7 Å². The Morgan fingerprint density at radius 2 is 1.56 bits per heavy atom. The summed E-state index contributed by atoms with van der Waals surface area (Å²) in [6.45, 7) is 4.07. The number of fused-ring (bicyclic) bond motifs is 1. The van der Waals surface area contributed by atoms with Gasteiger partial charge >= 0.3 is 11.9 Å². The van der Waals surface area contributed by atoms with Gasteiger partial charge in [-0.05, 0) is 13.8 Å². The number of aromatic nitrogens is 1. The highest BCUT2D eigenvalue weighted by molar-refractivity contribution is 5.87. The molecule has 3 unspecified atom stereocenters. The molecule has 1 aliphatic rings. The number of rotatable bonds is 5. The zero-order valence-corrected chi connectivity index (χ0v) is 14.4. The first kappa shape index (κ1) is 17.1. The molecule has 0 saturated carbocycles. The summed E-state index contributed by atoms with van der Waals surface area (Å²) >= 11 is 0. The molecule has 5 nitrogen and oxygen atoms in total. The van der Waals surface area contributed by atoms with Crippen LogP contribution in [0.5, 0.6) is 0 Å². The lowest BCUT2D eigenvalue weighted by molar-refractivity contribution is -0.710. The van der Waals surface area contributed by atoms with E-state index in [1.165, 1.54) is 0 Å². The Morgan fingerprint density at radius 1 is 0.920 bits per heavy atom. The Morgan fingerprint density at radius 3 is 2.24 bits per heavy atom. The fourth-order valence-electron chi connectivity index (χ4n) is 3.55. The van der Waals surface area contributed by atoms with Gasteiger partial charge in [-0.1, -0.05) is 36.4 Å². The van der Waals surface area contributed by atoms with Crippen LogP contribution in [-0.2, 0) is 19.1 Å². The van der Waals surface area contributed by atoms with Gasteiger partial charge in [0, 0.05) is 17.7 Å². The maximum atomic E-state index is 12.8. The number of ether oxygens (including phenoxy) is 2. The minimum Gasteiger partial charge on any atom is -0.466 e. The van der Waals surface area contributed by atoms with E-state index >= 15 is 0 Å². The summed E-state index contributed by atoms with van der Waals surface area (Å²) < 4.78 is 12.6. The minimum absolute atomic E-state index is 0.271. The third-order valence-corrected chi connectivity index (χ3v) is 4.48. The van der Waals surface area contributed by atoms with Crippen LogP contribution in [0.25, 0.3) is 0 Å². The molecule has 0 aliphatic carbocycles. The van der Waals surface area contributed by atoms with Crippen molar-refractivity contribution in [2.24, 2.45) is 5.92 Å². The van der Waals surface area contributed by atoms with Crippen molar-refractivity contribution in [2.45, 2.75) is 25.8 Å². The van der Waals surface area contributed by atoms with Gasteiger partial charge in [-0.2, -0.15) is 4.57 Å². The molecule has 25 heavy (non-hydrogen) atoms. The zero-order chi connectivity index (χ0) is 17.8. The zero-order valence-electron chi connectivity index (χ0n) is 14.4. The number of hydrogen-bond acceptors (Lipinski definition) is 4. The molecule has 0 spiro atoms. The topological polar surface area (TPSA) is 56.5 Å². The number of carbonyl (C=O) groups excluding carboxylic acids is 2. The van der Waals surface area contributed by atoms with Gasteiger partial charge in [-0.15, -0.1) is 0 Å².